The quantitative estimate of drug-likeness (QED) is 0.730. The maximum atomic E-state index is 5.49. The Morgan fingerprint density at radius 2 is 1.96 bits per heavy atom. The molecule has 0 spiro atoms. The molecule has 2 aromatic heterocycles. The standard InChI is InChI=1S/C19H23N5O/c1-3-25-19-12-18(20-13-21-19)23-10-8-15(9-11-23)24-14(2)22-16-6-4-5-7-17(16)24/h4-7,12-13,15H,3,8-11H2,1-2H3. The van der Waals surface area contributed by atoms with E-state index in [0.29, 0.717) is 18.5 Å². The largest absolute Gasteiger partial charge is 0.478 e. The molecule has 130 valence electrons. The lowest BCUT2D eigenvalue weighted by molar-refractivity contribution is 0.325. The van der Waals surface area contributed by atoms with Crippen molar-refractivity contribution in [1.82, 2.24) is 19.5 Å². The van der Waals surface area contributed by atoms with E-state index in [1.165, 1.54) is 5.52 Å². The third kappa shape index (κ3) is 3.04. The van der Waals surface area contributed by atoms with Crippen molar-refractivity contribution in [3.05, 3.63) is 42.5 Å². The van der Waals surface area contributed by atoms with Crippen molar-refractivity contribution in [1.29, 1.82) is 0 Å². The van der Waals surface area contributed by atoms with Crippen LogP contribution < -0.4 is 9.64 Å². The number of rotatable bonds is 4. The summed E-state index contributed by atoms with van der Waals surface area (Å²) in [6, 6.07) is 10.8. The zero-order valence-electron chi connectivity index (χ0n) is 14.7. The van der Waals surface area contributed by atoms with E-state index in [1.807, 2.05) is 19.1 Å². The highest BCUT2D eigenvalue weighted by atomic mass is 16.5. The summed E-state index contributed by atoms with van der Waals surface area (Å²) in [6.07, 6.45) is 3.74. The molecule has 0 radical (unpaired) electrons. The number of imidazole rings is 1. The number of piperidine rings is 1. The minimum Gasteiger partial charge on any atom is -0.478 e. The highest BCUT2D eigenvalue weighted by molar-refractivity contribution is 5.76. The number of fused-ring (bicyclic) bond motifs is 1. The Hall–Kier alpha value is -2.63. The molecule has 4 rings (SSSR count). The van der Waals surface area contributed by atoms with Gasteiger partial charge in [0.1, 0.15) is 18.0 Å². The van der Waals surface area contributed by atoms with E-state index in [1.54, 1.807) is 6.33 Å². The topological polar surface area (TPSA) is 56.1 Å². The fraction of sp³-hybridized carbons (Fsp3) is 0.421. The third-order valence-electron chi connectivity index (χ3n) is 4.85. The first-order valence-corrected chi connectivity index (χ1v) is 8.89. The Morgan fingerprint density at radius 3 is 2.76 bits per heavy atom. The molecule has 1 aromatic carbocycles. The van der Waals surface area contributed by atoms with Crippen molar-refractivity contribution in [3.63, 3.8) is 0 Å². The van der Waals surface area contributed by atoms with E-state index < -0.39 is 0 Å². The molecule has 0 N–H and O–H groups in total. The van der Waals surface area contributed by atoms with Gasteiger partial charge in [-0.15, -0.1) is 0 Å². The van der Waals surface area contributed by atoms with Crippen LogP contribution in [0.3, 0.4) is 0 Å². The van der Waals surface area contributed by atoms with Crippen LogP contribution in [0.25, 0.3) is 11.0 Å². The van der Waals surface area contributed by atoms with Crippen LogP contribution in [0, 0.1) is 6.92 Å². The van der Waals surface area contributed by atoms with Crippen LogP contribution in [0.15, 0.2) is 36.7 Å². The second-order valence-electron chi connectivity index (χ2n) is 6.38. The molecule has 3 heterocycles. The number of benzene rings is 1. The van der Waals surface area contributed by atoms with E-state index in [9.17, 15) is 0 Å². The van der Waals surface area contributed by atoms with Crippen molar-refractivity contribution < 1.29 is 4.74 Å². The maximum absolute atomic E-state index is 5.49. The monoisotopic (exact) mass is 337 g/mol. The van der Waals surface area contributed by atoms with E-state index in [0.717, 1.165) is 43.1 Å². The van der Waals surface area contributed by atoms with E-state index >= 15 is 0 Å². The van der Waals surface area contributed by atoms with E-state index in [4.69, 9.17) is 9.72 Å². The first-order chi connectivity index (χ1) is 12.3. The van der Waals surface area contributed by atoms with Gasteiger partial charge in [-0.25, -0.2) is 15.0 Å². The second kappa shape index (κ2) is 6.70. The number of aromatic nitrogens is 4. The van der Waals surface area contributed by atoms with Gasteiger partial charge in [-0.3, -0.25) is 0 Å². The van der Waals surface area contributed by atoms with Gasteiger partial charge in [-0.2, -0.15) is 0 Å². The fourth-order valence-corrected chi connectivity index (χ4v) is 3.71. The molecule has 0 saturated carbocycles. The number of ether oxygens (including phenoxy) is 1. The summed E-state index contributed by atoms with van der Waals surface area (Å²) in [5, 5.41) is 0. The Kier molecular flexibility index (Phi) is 4.26. The second-order valence-corrected chi connectivity index (χ2v) is 6.38. The molecule has 0 unspecified atom stereocenters. The molecule has 1 fully saturated rings. The Bertz CT molecular complexity index is 867. The lowest BCUT2D eigenvalue weighted by Gasteiger charge is -2.34. The minimum atomic E-state index is 0.483. The number of aryl methyl sites for hydroxylation is 1. The number of hydrogen-bond acceptors (Lipinski definition) is 5. The Morgan fingerprint density at radius 1 is 1.16 bits per heavy atom. The van der Waals surface area contributed by atoms with Crippen molar-refractivity contribution in [3.8, 4) is 5.88 Å². The van der Waals surface area contributed by atoms with Crippen LogP contribution in [0.5, 0.6) is 5.88 Å². The molecule has 0 atom stereocenters. The fourth-order valence-electron chi connectivity index (χ4n) is 3.71. The molecule has 3 aromatic rings. The van der Waals surface area contributed by atoms with Gasteiger partial charge >= 0.3 is 0 Å². The summed E-state index contributed by atoms with van der Waals surface area (Å²) < 4.78 is 7.89. The number of para-hydroxylation sites is 2. The van der Waals surface area contributed by atoms with E-state index in [-0.39, 0.29) is 0 Å². The van der Waals surface area contributed by atoms with Gasteiger partial charge in [-0.05, 0) is 38.8 Å². The minimum absolute atomic E-state index is 0.483. The molecule has 0 amide bonds. The first-order valence-electron chi connectivity index (χ1n) is 8.89. The van der Waals surface area contributed by atoms with Crippen molar-refractivity contribution >= 4 is 16.9 Å². The van der Waals surface area contributed by atoms with Gasteiger partial charge < -0.3 is 14.2 Å². The predicted octanol–water partition coefficient (Wildman–Crippen LogP) is 3.37. The number of nitrogens with zero attached hydrogens (tertiary/aromatic N) is 5. The summed E-state index contributed by atoms with van der Waals surface area (Å²) in [7, 11) is 0. The normalized spacial score (nSPS) is 15.7. The molecule has 25 heavy (non-hydrogen) atoms. The molecule has 0 bridgehead atoms. The van der Waals surface area contributed by atoms with Gasteiger partial charge in [0, 0.05) is 25.2 Å². The molecule has 6 heteroatoms. The molecule has 1 aliphatic rings. The van der Waals surface area contributed by atoms with E-state index in [2.05, 4.69) is 44.6 Å². The number of hydrogen-bond donors (Lipinski definition) is 0. The van der Waals surface area contributed by atoms with Crippen molar-refractivity contribution in [2.45, 2.75) is 32.7 Å². The summed E-state index contributed by atoms with van der Waals surface area (Å²) in [5.74, 6) is 2.69. The zero-order chi connectivity index (χ0) is 17.2. The summed E-state index contributed by atoms with van der Waals surface area (Å²) >= 11 is 0. The highest BCUT2D eigenvalue weighted by Crippen LogP contribution is 2.30. The van der Waals surface area contributed by atoms with Crippen molar-refractivity contribution in [2.75, 3.05) is 24.6 Å². The maximum Gasteiger partial charge on any atom is 0.218 e. The van der Waals surface area contributed by atoms with Crippen LogP contribution in [0.4, 0.5) is 5.82 Å². The summed E-state index contributed by atoms with van der Waals surface area (Å²) in [4.78, 5) is 15.6. The number of anilines is 1. The molecular formula is C19H23N5O. The molecule has 1 saturated heterocycles. The summed E-state index contributed by atoms with van der Waals surface area (Å²) in [5.41, 5.74) is 2.32. The first kappa shape index (κ1) is 15.9. The lowest BCUT2D eigenvalue weighted by Crippen LogP contribution is -2.35. The zero-order valence-corrected chi connectivity index (χ0v) is 14.7. The van der Waals surface area contributed by atoms with Crippen molar-refractivity contribution in [2.24, 2.45) is 0 Å². The summed E-state index contributed by atoms with van der Waals surface area (Å²) in [6.45, 7) is 6.63. The predicted molar refractivity (Wildman–Crippen MR) is 98.2 cm³/mol. The Balaban J connectivity index is 1.51. The Labute approximate surface area is 147 Å². The van der Waals surface area contributed by atoms with Gasteiger partial charge in [-0.1, -0.05) is 12.1 Å². The molecule has 6 nitrogen and oxygen atoms in total. The smallest absolute Gasteiger partial charge is 0.218 e. The highest BCUT2D eigenvalue weighted by Gasteiger charge is 2.24. The van der Waals surface area contributed by atoms with Gasteiger partial charge in [0.2, 0.25) is 5.88 Å². The molecule has 1 aliphatic heterocycles. The van der Waals surface area contributed by atoms with Crippen LogP contribution in [0.2, 0.25) is 0 Å². The molecule has 0 aliphatic carbocycles. The lowest BCUT2D eigenvalue weighted by atomic mass is 10.0. The van der Waals surface area contributed by atoms with Crippen LogP contribution in [0.1, 0.15) is 31.6 Å². The van der Waals surface area contributed by atoms with Crippen LogP contribution in [-0.4, -0.2) is 39.2 Å². The SMILES string of the molecule is CCOc1cc(N2CCC(n3c(C)nc4ccccc43)CC2)ncn1. The molecular weight excluding hydrogens is 314 g/mol. The van der Waals surface area contributed by atoms with Gasteiger partial charge in [0.05, 0.1) is 17.6 Å². The van der Waals surface area contributed by atoms with Crippen LogP contribution >= 0.6 is 0 Å². The average Bonchev–Trinajstić information content (AvgIpc) is 2.98. The van der Waals surface area contributed by atoms with Gasteiger partial charge in [0.25, 0.3) is 0 Å². The van der Waals surface area contributed by atoms with Crippen LogP contribution in [-0.2, 0) is 0 Å². The third-order valence-corrected chi connectivity index (χ3v) is 4.85. The van der Waals surface area contributed by atoms with Gasteiger partial charge in [0.15, 0.2) is 0 Å². The average molecular weight is 337 g/mol.